The summed E-state index contributed by atoms with van der Waals surface area (Å²) < 4.78 is 0. The summed E-state index contributed by atoms with van der Waals surface area (Å²) in [6.45, 7) is 4.26. The van der Waals surface area contributed by atoms with E-state index in [1.165, 1.54) is 0 Å². The molecule has 90 valence electrons. The van der Waals surface area contributed by atoms with E-state index in [-0.39, 0.29) is 6.42 Å². The minimum atomic E-state index is -0.811. The zero-order valence-electron chi connectivity index (χ0n) is 10.0. The predicted molar refractivity (Wildman–Crippen MR) is 66.0 cm³/mol. The van der Waals surface area contributed by atoms with Gasteiger partial charge in [-0.2, -0.15) is 5.10 Å². The van der Waals surface area contributed by atoms with E-state index in [4.69, 9.17) is 5.11 Å². The van der Waals surface area contributed by atoms with Gasteiger partial charge < -0.3 is 5.11 Å². The number of fused-ring (bicyclic) bond motifs is 1. The van der Waals surface area contributed by atoms with E-state index in [0.717, 1.165) is 28.6 Å². The summed E-state index contributed by atoms with van der Waals surface area (Å²) >= 11 is 0. The molecule has 4 nitrogen and oxygen atoms in total. The standard InChI is InChI=1S/C13H16N2O2/c1-8(2)6-11-13-9(7-12(16)17)4-3-5-10(13)14-15-11/h3-5,8H,6-7H2,1-2H3,(H,14,15)(H,16,17). The van der Waals surface area contributed by atoms with Crippen LogP contribution >= 0.6 is 0 Å². The Kier molecular flexibility index (Phi) is 3.13. The van der Waals surface area contributed by atoms with Crippen molar-refractivity contribution in [1.82, 2.24) is 10.2 Å². The number of carboxylic acid groups (broad SMARTS) is 1. The molecule has 17 heavy (non-hydrogen) atoms. The van der Waals surface area contributed by atoms with Crippen LogP contribution in [0.3, 0.4) is 0 Å². The van der Waals surface area contributed by atoms with Crippen LogP contribution in [0.25, 0.3) is 10.9 Å². The van der Waals surface area contributed by atoms with Gasteiger partial charge in [0.25, 0.3) is 0 Å². The molecule has 1 aromatic carbocycles. The fourth-order valence-electron chi connectivity index (χ4n) is 2.08. The lowest BCUT2D eigenvalue weighted by Crippen LogP contribution is -2.02. The van der Waals surface area contributed by atoms with Gasteiger partial charge in [0.2, 0.25) is 0 Å². The second-order valence-electron chi connectivity index (χ2n) is 4.68. The predicted octanol–water partition coefficient (Wildman–Crippen LogP) is 2.39. The van der Waals surface area contributed by atoms with E-state index in [2.05, 4.69) is 24.0 Å². The van der Waals surface area contributed by atoms with Crippen molar-refractivity contribution < 1.29 is 9.90 Å². The molecule has 1 heterocycles. The molecule has 0 aliphatic rings. The van der Waals surface area contributed by atoms with Crippen LogP contribution in [0.15, 0.2) is 18.2 Å². The summed E-state index contributed by atoms with van der Waals surface area (Å²) in [5.41, 5.74) is 2.71. The molecule has 0 saturated heterocycles. The molecule has 0 aliphatic carbocycles. The van der Waals surface area contributed by atoms with Gasteiger partial charge in [-0.25, -0.2) is 0 Å². The Labute approximate surface area is 99.7 Å². The van der Waals surface area contributed by atoms with Gasteiger partial charge in [0.15, 0.2) is 0 Å². The monoisotopic (exact) mass is 232 g/mol. The number of carbonyl (C=O) groups is 1. The van der Waals surface area contributed by atoms with Crippen molar-refractivity contribution in [3.63, 3.8) is 0 Å². The lowest BCUT2D eigenvalue weighted by atomic mass is 10.00. The number of carboxylic acids is 1. The lowest BCUT2D eigenvalue weighted by molar-refractivity contribution is -0.136. The van der Waals surface area contributed by atoms with Gasteiger partial charge in [0.05, 0.1) is 11.9 Å². The van der Waals surface area contributed by atoms with E-state index >= 15 is 0 Å². The number of nitrogens with zero attached hydrogens (tertiary/aromatic N) is 1. The minimum absolute atomic E-state index is 0.0436. The zero-order chi connectivity index (χ0) is 12.4. The Morgan fingerprint density at radius 2 is 2.24 bits per heavy atom. The van der Waals surface area contributed by atoms with Gasteiger partial charge in [0.1, 0.15) is 0 Å². The van der Waals surface area contributed by atoms with Crippen molar-refractivity contribution in [3.8, 4) is 0 Å². The molecule has 4 heteroatoms. The second-order valence-corrected chi connectivity index (χ2v) is 4.68. The maximum atomic E-state index is 10.8. The van der Waals surface area contributed by atoms with Gasteiger partial charge in [0, 0.05) is 11.1 Å². The summed E-state index contributed by atoms with van der Waals surface area (Å²) in [5.74, 6) is -0.300. The van der Waals surface area contributed by atoms with E-state index in [1.54, 1.807) is 0 Å². The Bertz CT molecular complexity index is 543. The number of aliphatic carboxylic acids is 1. The highest BCUT2D eigenvalue weighted by Crippen LogP contribution is 2.23. The first-order chi connectivity index (χ1) is 8.08. The van der Waals surface area contributed by atoms with Crippen LogP contribution in [0, 0.1) is 5.92 Å². The van der Waals surface area contributed by atoms with Crippen molar-refractivity contribution in [1.29, 1.82) is 0 Å². The number of rotatable bonds is 4. The molecule has 0 atom stereocenters. The van der Waals surface area contributed by atoms with Crippen molar-refractivity contribution in [3.05, 3.63) is 29.5 Å². The Morgan fingerprint density at radius 3 is 2.88 bits per heavy atom. The summed E-state index contributed by atoms with van der Waals surface area (Å²) in [5, 5.41) is 17.1. The van der Waals surface area contributed by atoms with Crippen LogP contribution in [0.1, 0.15) is 25.1 Å². The number of H-pyrrole nitrogens is 1. The molecular formula is C13H16N2O2. The van der Waals surface area contributed by atoms with Gasteiger partial charge in [-0.05, 0) is 24.0 Å². The number of hydrogen-bond acceptors (Lipinski definition) is 2. The van der Waals surface area contributed by atoms with Crippen LogP contribution in [0.2, 0.25) is 0 Å². The number of aromatic amines is 1. The maximum absolute atomic E-state index is 10.8. The molecule has 0 fully saturated rings. The highest BCUT2D eigenvalue weighted by atomic mass is 16.4. The molecule has 0 aliphatic heterocycles. The highest BCUT2D eigenvalue weighted by molar-refractivity contribution is 5.88. The van der Waals surface area contributed by atoms with E-state index in [1.807, 2.05) is 18.2 Å². The fraction of sp³-hybridized carbons (Fsp3) is 0.385. The molecule has 0 spiro atoms. The lowest BCUT2D eigenvalue weighted by Gasteiger charge is -2.05. The van der Waals surface area contributed by atoms with Crippen LogP contribution in [-0.2, 0) is 17.6 Å². The summed E-state index contributed by atoms with van der Waals surface area (Å²) in [6.07, 6.45) is 0.926. The van der Waals surface area contributed by atoms with E-state index in [9.17, 15) is 4.79 Å². The third-order valence-corrected chi connectivity index (χ3v) is 2.70. The van der Waals surface area contributed by atoms with Crippen molar-refractivity contribution in [2.24, 2.45) is 5.92 Å². The highest BCUT2D eigenvalue weighted by Gasteiger charge is 2.12. The SMILES string of the molecule is CC(C)Cc1[nH]nc2cccc(CC(=O)O)c12. The van der Waals surface area contributed by atoms with Gasteiger partial charge in [-0.3, -0.25) is 9.89 Å². The second kappa shape index (κ2) is 4.57. The summed E-state index contributed by atoms with van der Waals surface area (Å²) in [7, 11) is 0. The summed E-state index contributed by atoms with van der Waals surface area (Å²) in [4.78, 5) is 10.8. The average molecular weight is 232 g/mol. The normalized spacial score (nSPS) is 11.2. The van der Waals surface area contributed by atoms with E-state index in [0.29, 0.717) is 5.92 Å². The Hall–Kier alpha value is -1.84. The first-order valence-corrected chi connectivity index (χ1v) is 5.74. The summed E-state index contributed by atoms with van der Waals surface area (Å²) in [6, 6.07) is 5.61. The van der Waals surface area contributed by atoms with Crippen molar-refractivity contribution >= 4 is 16.9 Å². The molecule has 2 aromatic rings. The fourth-order valence-corrected chi connectivity index (χ4v) is 2.08. The largest absolute Gasteiger partial charge is 0.481 e. The molecule has 2 N–H and O–H groups in total. The molecule has 1 aromatic heterocycles. The molecular weight excluding hydrogens is 216 g/mol. The molecule has 0 amide bonds. The molecule has 0 saturated carbocycles. The minimum Gasteiger partial charge on any atom is -0.481 e. The number of nitrogens with one attached hydrogen (secondary N) is 1. The number of hydrogen-bond donors (Lipinski definition) is 2. The first kappa shape index (κ1) is 11.6. The number of aromatic nitrogens is 2. The Morgan fingerprint density at radius 1 is 1.47 bits per heavy atom. The quantitative estimate of drug-likeness (QED) is 0.850. The Balaban J connectivity index is 2.51. The van der Waals surface area contributed by atoms with Crippen LogP contribution in [0.5, 0.6) is 0 Å². The third kappa shape index (κ3) is 2.46. The first-order valence-electron chi connectivity index (χ1n) is 5.74. The van der Waals surface area contributed by atoms with Crippen LogP contribution < -0.4 is 0 Å². The molecule has 0 radical (unpaired) electrons. The van der Waals surface area contributed by atoms with Crippen LogP contribution in [0.4, 0.5) is 0 Å². The van der Waals surface area contributed by atoms with Gasteiger partial charge in [-0.1, -0.05) is 26.0 Å². The van der Waals surface area contributed by atoms with E-state index < -0.39 is 5.97 Å². The van der Waals surface area contributed by atoms with Crippen molar-refractivity contribution in [2.75, 3.05) is 0 Å². The smallest absolute Gasteiger partial charge is 0.307 e. The molecule has 2 rings (SSSR count). The number of benzene rings is 1. The van der Waals surface area contributed by atoms with Gasteiger partial charge >= 0.3 is 5.97 Å². The zero-order valence-corrected chi connectivity index (χ0v) is 10.0. The molecule has 0 unspecified atom stereocenters. The molecule has 0 bridgehead atoms. The van der Waals surface area contributed by atoms with Crippen LogP contribution in [-0.4, -0.2) is 21.3 Å². The maximum Gasteiger partial charge on any atom is 0.307 e. The third-order valence-electron chi connectivity index (χ3n) is 2.70. The average Bonchev–Trinajstić information content (AvgIpc) is 2.61. The topological polar surface area (TPSA) is 66.0 Å². The van der Waals surface area contributed by atoms with Gasteiger partial charge in [-0.15, -0.1) is 0 Å². The van der Waals surface area contributed by atoms with Crippen molar-refractivity contribution in [2.45, 2.75) is 26.7 Å².